The van der Waals surface area contributed by atoms with Gasteiger partial charge in [-0.15, -0.1) is 0 Å². The highest BCUT2D eigenvalue weighted by Crippen LogP contribution is 2.27. The third-order valence-electron chi connectivity index (χ3n) is 7.49. The van der Waals surface area contributed by atoms with Gasteiger partial charge in [0.05, 0.1) is 18.3 Å². The number of allylic oxidation sites excluding steroid dienone is 3. The first-order chi connectivity index (χ1) is 18.3. The molecule has 5 N–H and O–H groups in total. The van der Waals surface area contributed by atoms with E-state index >= 15 is 0 Å². The Kier molecular flexibility index (Phi) is 15.1. The smallest absolute Gasteiger partial charge is 0.404 e. The van der Waals surface area contributed by atoms with E-state index in [0.29, 0.717) is 12.8 Å². The van der Waals surface area contributed by atoms with Gasteiger partial charge >= 0.3 is 12.1 Å². The highest BCUT2D eigenvalue weighted by Gasteiger charge is 2.33. The number of hydrogen-bond acceptors (Lipinski definition) is 7. The molecule has 220 valence electrons. The summed E-state index contributed by atoms with van der Waals surface area (Å²) in [5.74, 6) is -1.40. The van der Waals surface area contributed by atoms with Crippen LogP contribution < -0.4 is 5.73 Å². The highest BCUT2D eigenvalue weighted by atomic mass is 16.6. The molecule has 0 spiro atoms. The van der Waals surface area contributed by atoms with Crippen molar-refractivity contribution in [2.24, 2.45) is 41.2 Å². The Bertz CT molecular complexity index is 895. The minimum Gasteiger partial charge on any atom is -0.458 e. The average molecular weight is 548 g/mol. The van der Waals surface area contributed by atoms with Crippen LogP contribution >= 0.6 is 0 Å². The Labute approximate surface area is 234 Å². The number of carbonyl (C=O) groups excluding carboxylic acids is 2. The molecule has 0 aromatic heterocycles. The van der Waals surface area contributed by atoms with Crippen LogP contribution in [0, 0.1) is 35.5 Å². The van der Waals surface area contributed by atoms with E-state index in [-0.39, 0.29) is 41.6 Å². The van der Waals surface area contributed by atoms with E-state index in [4.69, 9.17) is 15.2 Å². The molecule has 1 rings (SSSR count). The predicted molar refractivity (Wildman–Crippen MR) is 153 cm³/mol. The van der Waals surface area contributed by atoms with Crippen molar-refractivity contribution in [3.8, 4) is 0 Å². The molecule has 0 aromatic rings. The number of esters is 1. The van der Waals surface area contributed by atoms with Gasteiger partial charge in [-0.2, -0.15) is 0 Å². The highest BCUT2D eigenvalue weighted by molar-refractivity contribution is 5.82. The second kappa shape index (κ2) is 17.1. The molecular weight excluding hydrogens is 498 g/mol. The number of rotatable bonds is 16. The molecule has 0 saturated carbocycles. The zero-order chi connectivity index (χ0) is 29.7. The van der Waals surface area contributed by atoms with E-state index in [1.54, 1.807) is 30.4 Å². The SMILES string of the molecule is C=C/C=C\[C@H](C)[C@H](OC(N)=O)[C@@H](C)[C@H](O)[C@@H](C)C/C=C\[C@H](C)[C@H](O)[C@@H](C)/C=C\[C@@H](O)C[C@@H]1OC(=O)C=C[C@H]1C. The van der Waals surface area contributed by atoms with Crippen LogP contribution in [-0.4, -0.2) is 57.9 Å². The van der Waals surface area contributed by atoms with Gasteiger partial charge in [0.15, 0.2) is 0 Å². The van der Waals surface area contributed by atoms with Gasteiger partial charge in [-0.3, -0.25) is 0 Å². The fourth-order valence-corrected chi connectivity index (χ4v) is 4.79. The Morgan fingerprint density at radius 2 is 1.69 bits per heavy atom. The minimum absolute atomic E-state index is 0.0295. The summed E-state index contributed by atoms with van der Waals surface area (Å²) >= 11 is 0. The van der Waals surface area contributed by atoms with Gasteiger partial charge in [-0.05, 0) is 12.3 Å². The number of ether oxygens (including phenoxy) is 2. The number of carbonyl (C=O) groups is 2. The summed E-state index contributed by atoms with van der Waals surface area (Å²) in [5, 5.41) is 32.1. The van der Waals surface area contributed by atoms with Crippen molar-refractivity contribution in [1.29, 1.82) is 0 Å². The van der Waals surface area contributed by atoms with Gasteiger partial charge in [-0.1, -0.05) is 96.7 Å². The summed E-state index contributed by atoms with van der Waals surface area (Å²) in [4.78, 5) is 22.9. The van der Waals surface area contributed by atoms with Gasteiger partial charge in [0.25, 0.3) is 0 Å². The summed E-state index contributed by atoms with van der Waals surface area (Å²) in [6.07, 6.45) is 12.5. The van der Waals surface area contributed by atoms with Crippen LogP contribution in [0.3, 0.4) is 0 Å². The molecule has 0 radical (unpaired) electrons. The second-order valence-corrected chi connectivity index (χ2v) is 11.0. The summed E-state index contributed by atoms with van der Waals surface area (Å²) in [7, 11) is 0. The summed E-state index contributed by atoms with van der Waals surface area (Å²) in [6.45, 7) is 15.0. The van der Waals surface area contributed by atoms with E-state index in [1.165, 1.54) is 6.08 Å². The van der Waals surface area contributed by atoms with Crippen molar-refractivity contribution in [2.75, 3.05) is 0 Å². The lowest BCUT2D eigenvalue weighted by atomic mass is 9.82. The molecule has 39 heavy (non-hydrogen) atoms. The van der Waals surface area contributed by atoms with Gasteiger partial charge in [0.2, 0.25) is 0 Å². The number of primary amides is 1. The van der Waals surface area contributed by atoms with Crippen LogP contribution in [0.15, 0.2) is 61.3 Å². The minimum atomic E-state index is -0.881. The molecular formula is C31H49NO7. The quantitative estimate of drug-likeness (QED) is 0.127. The summed E-state index contributed by atoms with van der Waals surface area (Å²) in [6, 6.07) is 0. The van der Waals surface area contributed by atoms with Gasteiger partial charge in [0, 0.05) is 42.1 Å². The third-order valence-corrected chi connectivity index (χ3v) is 7.49. The summed E-state index contributed by atoms with van der Waals surface area (Å²) in [5.41, 5.74) is 5.27. The first kappa shape index (κ1) is 34.3. The van der Waals surface area contributed by atoms with Crippen molar-refractivity contribution < 1.29 is 34.4 Å². The predicted octanol–water partition coefficient (Wildman–Crippen LogP) is 4.47. The monoisotopic (exact) mass is 547 g/mol. The molecule has 11 atom stereocenters. The first-order valence-electron chi connectivity index (χ1n) is 13.8. The van der Waals surface area contributed by atoms with Crippen LogP contribution in [0.2, 0.25) is 0 Å². The average Bonchev–Trinajstić information content (AvgIpc) is 2.89. The maximum atomic E-state index is 11.5. The van der Waals surface area contributed by atoms with Crippen molar-refractivity contribution in [3.63, 3.8) is 0 Å². The number of amides is 1. The first-order valence-corrected chi connectivity index (χ1v) is 13.8. The fourth-order valence-electron chi connectivity index (χ4n) is 4.79. The third kappa shape index (κ3) is 11.9. The Morgan fingerprint density at radius 3 is 2.31 bits per heavy atom. The molecule has 8 heteroatoms. The van der Waals surface area contributed by atoms with Crippen molar-refractivity contribution in [2.45, 2.75) is 84.9 Å². The Balaban J connectivity index is 2.65. The van der Waals surface area contributed by atoms with E-state index in [9.17, 15) is 24.9 Å². The number of aliphatic hydroxyl groups is 3. The lowest BCUT2D eigenvalue weighted by molar-refractivity contribution is -0.147. The maximum absolute atomic E-state index is 11.5. The zero-order valence-electron chi connectivity index (χ0n) is 24.2. The molecule has 1 heterocycles. The van der Waals surface area contributed by atoms with Crippen LogP contribution in [0.4, 0.5) is 4.79 Å². The molecule has 8 nitrogen and oxygen atoms in total. The van der Waals surface area contributed by atoms with E-state index in [2.05, 4.69) is 6.58 Å². The molecule has 1 amide bonds. The second-order valence-electron chi connectivity index (χ2n) is 11.0. The topological polar surface area (TPSA) is 139 Å². The Morgan fingerprint density at radius 1 is 1.05 bits per heavy atom. The lowest BCUT2D eigenvalue weighted by Crippen LogP contribution is -2.41. The van der Waals surface area contributed by atoms with Gasteiger partial charge in [0.1, 0.15) is 12.2 Å². The van der Waals surface area contributed by atoms with Crippen LogP contribution in [0.5, 0.6) is 0 Å². The van der Waals surface area contributed by atoms with E-state index in [1.807, 2.05) is 59.8 Å². The van der Waals surface area contributed by atoms with Crippen molar-refractivity contribution in [3.05, 3.63) is 61.3 Å². The van der Waals surface area contributed by atoms with Crippen LogP contribution in [-0.2, 0) is 14.3 Å². The van der Waals surface area contributed by atoms with Crippen molar-refractivity contribution in [1.82, 2.24) is 0 Å². The van der Waals surface area contributed by atoms with E-state index < -0.39 is 36.5 Å². The molecule has 0 saturated heterocycles. The van der Waals surface area contributed by atoms with Gasteiger partial charge in [-0.25, -0.2) is 9.59 Å². The molecule has 0 unspecified atom stereocenters. The maximum Gasteiger partial charge on any atom is 0.404 e. The van der Waals surface area contributed by atoms with Crippen molar-refractivity contribution >= 4 is 12.1 Å². The number of aliphatic hydroxyl groups excluding tert-OH is 3. The van der Waals surface area contributed by atoms with Crippen LogP contribution in [0.1, 0.15) is 54.4 Å². The molecule has 1 aliphatic heterocycles. The molecule has 0 aromatic carbocycles. The fraction of sp³-hybridized carbons (Fsp3) is 0.613. The number of hydrogen-bond donors (Lipinski definition) is 4. The Hall–Kier alpha value is -2.68. The largest absolute Gasteiger partial charge is 0.458 e. The number of cyclic esters (lactones) is 1. The van der Waals surface area contributed by atoms with Crippen LogP contribution in [0.25, 0.3) is 0 Å². The molecule has 0 aliphatic carbocycles. The molecule has 0 bridgehead atoms. The normalized spacial score (nSPS) is 25.0. The standard InChI is InChI=1S/C31H49NO7/c1-8-9-11-23(6)30(39-31(32)37)24(7)29(36)21(4)13-10-12-20(3)28(35)22(5)14-16-25(33)18-26-19(2)15-17-27(34)38-26/h8-12,14-17,19-26,28-30,33,35-36H,1,13,18H2,2-7H3,(H2,32,37)/b11-9-,12-10-,16-14-/t19-,20+,21+,22+,23+,24+,25-,26+,28+,29-,30+/m1/s1. The van der Waals surface area contributed by atoms with Gasteiger partial charge < -0.3 is 30.5 Å². The molecule has 1 aliphatic rings. The molecule has 0 fully saturated rings. The number of nitrogens with two attached hydrogens (primary N) is 1. The van der Waals surface area contributed by atoms with E-state index in [0.717, 1.165) is 0 Å². The zero-order valence-corrected chi connectivity index (χ0v) is 24.2. The lowest BCUT2D eigenvalue weighted by Gasteiger charge is -2.33. The summed E-state index contributed by atoms with van der Waals surface area (Å²) < 4.78 is 10.6.